The fraction of sp³-hybridized carbons (Fsp3) is 0.889. The molecular weight excluding hydrogens is 156 g/mol. The zero-order chi connectivity index (χ0) is 9.30. The van der Waals surface area contributed by atoms with Crippen LogP contribution in [0.15, 0.2) is 0 Å². The smallest absolute Gasteiger partial charge is 0.311 e. The first-order valence-electron chi connectivity index (χ1n) is 4.46. The monoisotopic (exact) mass is 172 g/mol. The lowest BCUT2D eigenvalue weighted by Gasteiger charge is -2.35. The molecule has 0 aliphatic carbocycles. The van der Waals surface area contributed by atoms with E-state index in [1.54, 1.807) is 6.92 Å². The lowest BCUT2D eigenvalue weighted by Crippen LogP contribution is -2.46. The van der Waals surface area contributed by atoms with Gasteiger partial charge in [-0.15, -0.1) is 0 Å². The van der Waals surface area contributed by atoms with Gasteiger partial charge in [0.15, 0.2) is 0 Å². The molecule has 1 aliphatic heterocycles. The molecule has 12 heavy (non-hydrogen) atoms. The van der Waals surface area contributed by atoms with E-state index < -0.39 is 6.10 Å². The molecule has 0 spiro atoms. The number of cyclic esters (lactones) is 1. The van der Waals surface area contributed by atoms with Crippen LogP contribution < -0.4 is 0 Å². The van der Waals surface area contributed by atoms with Crippen molar-refractivity contribution in [2.45, 2.75) is 39.4 Å². The molecule has 3 heteroatoms. The Morgan fingerprint density at radius 1 is 1.50 bits per heavy atom. The molecule has 0 bridgehead atoms. The molecule has 0 aromatic heterocycles. The lowest BCUT2D eigenvalue weighted by atomic mass is 9.85. The van der Waals surface area contributed by atoms with Crippen LogP contribution in [-0.4, -0.2) is 23.3 Å². The Morgan fingerprint density at radius 2 is 2.08 bits per heavy atom. The third-order valence-corrected chi connectivity index (χ3v) is 2.68. The summed E-state index contributed by atoms with van der Waals surface area (Å²) < 4.78 is 5.13. The Morgan fingerprint density at radius 3 is 2.58 bits per heavy atom. The van der Waals surface area contributed by atoms with Gasteiger partial charge in [0.05, 0.1) is 12.0 Å². The molecular formula is C9H16O3. The molecule has 1 rings (SSSR count). The summed E-state index contributed by atoms with van der Waals surface area (Å²) in [6, 6.07) is 0. The minimum atomic E-state index is -0.545. The number of rotatable bonds is 1. The number of hydrogen-bond acceptors (Lipinski definition) is 3. The summed E-state index contributed by atoms with van der Waals surface area (Å²) in [7, 11) is 0. The highest BCUT2D eigenvalue weighted by Gasteiger charge is 2.39. The number of aliphatic hydroxyl groups excluding tert-OH is 1. The maximum atomic E-state index is 11.1. The maximum absolute atomic E-state index is 11.1. The molecule has 0 radical (unpaired) electrons. The summed E-state index contributed by atoms with van der Waals surface area (Å²) in [5, 5.41) is 9.62. The fourth-order valence-corrected chi connectivity index (χ4v) is 1.63. The minimum Gasteiger partial charge on any atom is -0.462 e. The minimum absolute atomic E-state index is 0.0581. The Balaban J connectivity index is 2.70. The summed E-state index contributed by atoms with van der Waals surface area (Å²) in [5.41, 5.74) is 0. The molecule has 4 atom stereocenters. The summed E-state index contributed by atoms with van der Waals surface area (Å²) in [6.45, 7) is 5.58. The summed E-state index contributed by atoms with van der Waals surface area (Å²) in [6.07, 6.45) is 0.122. The number of carbonyl (C=O) groups is 1. The molecule has 1 N–H and O–H groups in total. The van der Waals surface area contributed by atoms with E-state index in [4.69, 9.17) is 4.74 Å². The zero-order valence-electron chi connectivity index (χ0n) is 7.78. The van der Waals surface area contributed by atoms with E-state index in [2.05, 4.69) is 0 Å². The highest BCUT2D eigenvalue weighted by Crippen LogP contribution is 2.27. The van der Waals surface area contributed by atoms with E-state index in [0.717, 1.165) is 6.42 Å². The first-order chi connectivity index (χ1) is 5.57. The Bertz CT molecular complexity index is 177. The van der Waals surface area contributed by atoms with Crippen LogP contribution in [-0.2, 0) is 9.53 Å². The van der Waals surface area contributed by atoms with Crippen molar-refractivity contribution >= 4 is 5.97 Å². The average molecular weight is 172 g/mol. The normalized spacial score (nSPS) is 42.5. The summed E-state index contributed by atoms with van der Waals surface area (Å²) in [5.74, 6) is -0.585. The molecule has 1 aliphatic rings. The second-order valence-electron chi connectivity index (χ2n) is 3.52. The van der Waals surface area contributed by atoms with Gasteiger partial charge < -0.3 is 9.84 Å². The van der Waals surface area contributed by atoms with Crippen LogP contribution in [0.5, 0.6) is 0 Å². The van der Waals surface area contributed by atoms with Crippen LogP contribution in [0, 0.1) is 11.8 Å². The highest BCUT2D eigenvalue weighted by atomic mass is 16.5. The van der Waals surface area contributed by atoms with Gasteiger partial charge in [0.2, 0.25) is 0 Å². The molecule has 0 saturated carbocycles. The van der Waals surface area contributed by atoms with Crippen LogP contribution in [0.4, 0.5) is 0 Å². The van der Waals surface area contributed by atoms with Gasteiger partial charge in [-0.25, -0.2) is 0 Å². The van der Waals surface area contributed by atoms with Crippen LogP contribution in [0.1, 0.15) is 27.2 Å². The molecule has 3 nitrogen and oxygen atoms in total. The SMILES string of the molecule is CC[C@H]1OC(=O)[C@H](C)[C@@H](O)[C@H]1C. The van der Waals surface area contributed by atoms with Crippen LogP contribution in [0.25, 0.3) is 0 Å². The van der Waals surface area contributed by atoms with Crippen molar-refractivity contribution in [2.24, 2.45) is 11.8 Å². The molecule has 0 amide bonds. The van der Waals surface area contributed by atoms with E-state index in [1.807, 2.05) is 13.8 Å². The molecule has 70 valence electrons. The van der Waals surface area contributed by atoms with Crippen LogP contribution in [0.3, 0.4) is 0 Å². The molecule has 1 saturated heterocycles. The number of esters is 1. The van der Waals surface area contributed by atoms with Crippen molar-refractivity contribution in [3.63, 3.8) is 0 Å². The summed E-state index contributed by atoms with van der Waals surface area (Å²) in [4.78, 5) is 11.1. The van der Waals surface area contributed by atoms with E-state index in [1.165, 1.54) is 0 Å². The Hall–Kier alpha value is -0.570. The predicted octanol–water partition coefficient (Wildman–Crippen LogP) is 0.955. The van der Waals surface area contributed by atoms with Crippen LogP contribution >= 0.6 is 0 Å². The first-order valence-corrected chi connectivity index (χ1v) is 4.46. The lowest BCUT2D eigenvalue weighted by molar-refractivity contribution is -0.177. The zero-order valence-corrected chi connectivity index (χ0v) is 7.78. The van der Waals surface area contributed by atoms with Crippen molar-refractivity contribution in [3.8, 4) is 0 Å². The van der Waals surface area contributed by atoms with Gasteiger partial charge in [0, 0.05) is 5.92 Å². The van der Waals surface area contributed by atoms with E-state index >= 15 is 0 Å². The van der Waals surface area contributed by atoms with E-state index in [-0.39, 0.29) is 23.9 Å². The molecule has 0 aromatic carbocycles. The standard InChI is InChI=1S/C9H16O3/c1-4-7-5(2)8(10)6(3)9(11)12-7/h5-8,10H,4H2,1-3H3/t5-,6+,7+,8-/m0/s1. The van der Waals surface area contributed by atoms with E-state index in [9.17, 15) is 9.90 Å². The molecule has 1 heterocycles. The fourth-order valence-electron chi connectivity index (χ4n) is 1.63. The third kappa shape index (κ3) is 1.46. The van der Waals surface area contributed by atoms with Gasteiger partial charge in [-0.3, -0.25) is 4.79 Å². The van der Waals surface area contributed by atoms with E-state index in [0.29, 0.717) is 0 Å². The van der Waals surface area contributed by atoms with Gasteiger partial charge in [-0.05, 0) is 13.3 Å². The van der Waals surface area contributed by atoms with Crippen molar-refractivity contribution in [3.05, 3.63) is 0 Å². The van der Waals surface area contributed by atoms with Crippen molar-refractivity contribution in [2.75, 3.05) is 0 Å². The molecule has 0 unspecified atom stereocenters. The maximum Gasteiger partial charge on any atom is 0.311 e. The predicted molar refractivity (Wildman–Crippen MR) is 44.5 cm³/mol. The molecule has 1 fully saturated rings. The van der Waals surface area contributed by atoms with Crippen molar-refractivity contribution in [1.29, 1.82) is 0 Å². The van der Waals surface area contributed by atoms with Crippen molar-refractivity contribution in [1.82, 2.24) is 0 Å². The molecule has 0 aromatic rings. The number of hydrogen-bond donors (Lipinski definition) is 1. The number of aliphatic hydroxyl groups is 1. The third-order valence-electron chi connectivity index (χ3n) is 2.68. The summed E-state index contributed by atoms with van der Waals surface area (Å²) >= 11 is 0. The van der Waals surface area contributed by atoms with Gasteiger partial charge in [-0.1, -0.05) is 13.8 Å². The Kier molecular flexibility index (Phi) is 2.73. The second-order valence-corrected chi connectivity index (χ2v) is 3.52. The average Bonchev–Trinajstić information content (AvgIpc) is 2.08. The second kappa shape index (κ2) is 3.44. The first kappa shape index (κ1) is 9.52. The number of ether oxygens (including phenoxy) is 1. The quantitative estimate of drug-likeness (QED) is 0.599. The highest BCUT2D eigenvalue weighted by molar-refractivity contribution is 5.73. The van der Waals surface area contributed by atoms with Crippen LogP contribution in [0.2, 0.25) is 0 Å². The number of carbonyl (C=O) groups excluding carboxylic acids is 1. The topological polar surface area (TPSA) is 46.5 Å². The van der Waals surface area contributed by atoms with Gasteiger partial charge >= 0.3 is 5.97 Å². The van der Waals surface area contributed by atoms with Gasteiger partial charge in [0.1, 0.15) is 6.10 Å². The largest absolute Gasteiger partial charge is 0.462 e. The Labute approximate surface area is 72.7 Å². The van der Waals surface area contributed by atoms with Crippen molar-refractivity contribution < 1.29 is 14.6 Å². The van der Waals surface area contributed by atoms with Gasteiger partial charge in [-0.2, -0.15) is 0 Å². The van der Waals surface area contributed by atoms with Gasteiger partial charge in [0.25, 0.3) is 0 Å².